The van der Waals surface area contributed by atoms with E-state index in [0.29, 0.717) is 23.5 Å². The molecule has 0 aliphatic carbocycles. The van der Waals surface area contributed by atoms with Gasteiger partial charge in [-0.3, -0.25) is 0 Å². The van der Waals surface area contributed by atoms with Crippen LogP contribution in [-0.2, 0) is 0 Å². The minimum Gasteiger partial charge on any atom is -0.497 e. The summed E-state index contributed by atoms with van der Waals surface area (Å²) in [7, 11) is 3.28. The third-order valence-electron chi connectivity index (χ3n) is 5.08. The molecule has 0 amide bonds. The smallest absolute Gasteiger partial charge is 0.246 e. The molecule has 0 unspecified atom stereocenters. The predicted molar refractivity (Wildman–Crippen MR) is 117 cm³/mol. The quantitative estimate of drug-likeness (QED) is 0.583. The second-order valence-electron chi connectivity index (χ2n) is 7.09. The van der Waals surface area contributed by atoms with E-state index in [1.54, 1.807) is 20.4 Å². The molecule has 1 aliphatic rings. The van der Waals surface area contributed by atoms with Gasteiger partial charge in [0.15, 0.2) is 5.82 Å². The highest BCUT2D eigenvalue weighted by Gasteiger charge is 2.16. The van der Waals surface area contributed by atoms with E-state index in [4.69, 9.17) is 19.2 Å². The lowest BCUT2D eigenvalue weighted by atomic mass is 10.2. The standard InChI is InChI=1S/C23H26N4O3/c1-28-18-7-5-16(6-8-18)22-26-15-21(25-14-17-4-3-13-24-17)23(27-22)30-20-11-9-19(29-2)10-12-20/h5-12,15,17,24-25H,3-4,13-14H2,1-2H3/t17-/m0/s1. The molecule has 3 aromatic rings. The molecule has 0 spiro atoms. The van der Waals surface area contributed by atoms with E-state index < -0.39 is 0 Å². The fourth-order valence-corrected chi connectivity index (χ4v) is 3.36. The number of ether oxygens (including phenoxy) is 3. The Balaban J connectivity index is 1.60. The van der Waals surface area contributed by atoms with Gasteiger partial charge in [0.05, 0.1) is 20.4 Å². The lowest BCUT2D eigenvalue weighted by Gasteiger charge is -2.16. The number of methoxy groups -OCH3 is 2. The molecule has 0 bridgehead atoms. The van der Waals surface area contributed by atoms with Crippen molar-refractivity contribution < 1.29 is 14.2 Å². The molecule has 7 heteroatoms. The number of nitrogens with one attached hydrogen (secondary N) is 2. The van der Waals surface area contributed by atoms with Gasteiger partial charge < -0.3 is 24.8 Å². The molecule has 0 radical (unpaired) electrons. The molecule has 2 heterocycles. The Morgan fingerprint density at radius 2 is 1.63 bits per heavy atom. The first kappa shape index (κ1) is 20.0. The molecule has 2 N–H and O–H groups in total. The summed E-state index contributed by atoms with van der Waals surface area (Å²) in [4.78, 5) is 9.24. The van der Waals surface area contributed by atoms with Crippen LogP contribution in [-0.4, -0.2) is 43.3 Å². The zero-order chi connectivity index (χ0) is 20.8. The van der Waals surface area contributed by atoms with Crippen molar-refractivity contribution in [3.63, 3.8) is 0 Å². The molecule has 1 fully saturated rings. The summed E-state index contributed by atoms with van der Waals surface area (Å²) in [5.41, 5.74) is 1.65. The Bertz CT molecular complexity index is 955. The van der Waals surface area contributed by atoms with Crippen LogP contribution in [0.3, 0.4) is 0 Å². The minimum absolute atomic E-state index is 0.445. The van der Waals surface area contributed by atoms with Gasteiger partial charge in [-0.1, -0.05) is 0 Å². The average Bonchev–Trinajstić information content (AvgIpc) is 3.32. The number of hydrogen-bond acceptors (Lipinski definition) is 7. The third-order valence-corrected chi connectivity index (χ3v) is 5.08. The van der Waals surface area contributed by atoms with Crippen molar-refractivity contribution in [2.75, 3.05) is 32.6 Å². The summed E-state index contributed by atoms with van der Waals surface area (Å²) < 4.78 is 16.6. The van der Waals surface area contributed by atoms with Crippen LogP contribution in [0.15, 0.2) is 54.7 Å². The van der Waals surface area contributed by atoms with Crippen molar-refractivity contribution in [2.45, 2.75) is 18.9 Å². The maximum atomic E-state index is 6.12. The first-order valence-corrected chi connectivity index (χ1v) is 10.1. The van der Waals surface area contributed by atoms with Crippen molar-refractivity contribution >= 4 is 5.69 Å². The van der Waals surface area contributed by atoms with Gasteiger partial charge in [-0.05, 0) is 67.9 Å². The summed E-state index contributed by atoms with van der Waals surface area (Å²) in [6.07, 6.45) is 4.14. The van der Waals surface area contributed by atoms with Crippen molar-refractivity contribution in [3.8, 4) is 34.5 Å². The number of rotatable bonds is 8. The van der Waals surface area contributed by atoms with Gasteiger partial charge in [-0.2, -0.15) is 4.98 Å². The Morgan fingerprint density at radius 1 is 0.967 bits per heavy atom. The SMILES string of the molecule is COc1ccc(Oc2nc(-c3ccc(OC)cc3)ncc2NC[C@@H]2CCCN2)cc1. The normalized spacial score (nSPS) is 15.6. The van der Waals surface area contributed by atoms with Crippen LogP contribution in [0.4, 0.5) is 5.69 Å². The van der Waals surface area contributed by atoms with Crippen LogP contribution >= 0.6 is 0 Å². The largest absolute Gasteiger partial charge is 0.497 e. The maximum absolute atomic E-state index is 6.12. The van der Waals surface area contributed by atoms with Gasteiger partial charge in [0, 0.05) is 18.2 Å². The van der Waals surface area contributed by atoms with Gasteiger partial charge in [-0.25, -0.2) is 4.98 Å². The lowest BCUT2D eigenvalue weighted by molar-refractivity contribution is 0.412. The fourth-order valence-electron chi connectivity index (χ4n) is 3.36. The number of benzene rings is 2. The highest BCUT2D eigenvalue weighted by atomic mass is 16.5. The summed E-state index contributed by atoms with van der Waals surface area (Å²) in [5, 5.41) is 6.92. The minimum atomic E-state index is 0.445. The fraction of sp³-hybridized carbons (Fsp3) is 0.304. The first-order valence-electron chi connectivity index (χ1n) is 10.1. The molecule has 4 rings (SSSR count). The van der Waals surface area contributed by atoms with Crippen LogP contribution in [0, 0.1) is 0 Å². The number of hydrogen-bond donors (Lipinski definition) is 2. The second kappa shape index (κ2) is 9.45. The van der Waals surface area contributed by atoms with Gasteiger partial charge in [0.25, 0.3) is 0 Å². The van der Waals surface area contributed by atoms with Crippen LogP contribution < -0.4 is 24.8 Å². The second-order valence-corrected chi connectivity index (χ2v) is 7.09. The summed E-state index contributed by atoms with van der Waals surface area (Å²) >= 11 is 0. The number of nitrogens with zero attached hydrogens (tertiary/aromatic N) is 2. The Morgan fingerprint density at radius 3 is 2.27 bits per heavy atom. The molecule has 1 atom stereocenters. The van der Waals surface area contributed by atoms with Crippen LogP contribution in [0.25, 0.3) is 11.4 Å². The number of aromatic nitrogens is 2. The van der Waals surface area contributed by atoms with Crippen molar-refractivity contribution in [3.05, 3.63) is 54.7 Å². The lowest BCUT2D eigenvalue weighted by Crippen LogP contribution is -2.29. The molecule has 2 aromatic carbocycles. The van der Waals surface area contributed by atoms with E-state index in [-0.39, 0.29) is 0 Å². The molecular formula is C23H26N4O3. The summed E-state index contributed by atoms with van der Waals surface area (Å²) in [6.45, 7) is 1.86. The zero-order valence-electron chi connectivity index (χ0n) is 17.2. The van der Waals surface area contributed by atoms with Crippen molar-refractivity contribution in [1.29, 1.82) is 0 Å². The van der Waals surface area contributed by atoms with E-state index in [1.807, 2.05) is 48.5 Å². The van der Waals surface area contributed by atoms with E-state index in [2.05, 4.69) is 15.6 Å². The third kappa shape index (κ3) is 4.80. The Kier molecular flexibility index (Phi) is 6.29. The molecule has 7 nitrogen and oxygen atoms in total. The predicted octanol–water partition coefficient (Wildman–Crippen LogP) is 4.12. The molecule has 0 saturated carbocycles. The molecule has 1 aromatic heterocycles. The molecule has 30 heavy (non-hydrogen) atoms. The molecular weight excluding hydrogens is 380 g/mol. The van der Waals surface area contributed by atoms with E-state index in [0.717, 1.165) is 42.3 Å². The summed E-state index contributed by atoms with van der Waals surface area (Å²) in [5.74, 6) is 3.31. The Hall–Kier alpha value is -3.32. The molecule has 156 valence electrons. The van der Waals surface area contributed by atoms with Crippen LogP contribution in [0.1, 0.15) is 12.8 Å². The average molecular weight is 406 g/mol. The number of anilines is 1. The summed E-state index contributed by atoms with van der Waals surface area (Å²) in [6, 6.07) is 15.5. The van der Waals surface area contributed by atoms with Crippen molar-refractivity contribution in [1.82, 2.24) is 15.3 Å². The maximum Gasteiger partial charge on any atom is 0.246 e. The highest BCUT2D eigenvalue weighted by molar-refractivity contribution is 5.61. The van der Waals surface area contributed by atoms with Gasteiger partial charge in [0.1, 0.15) is 22.9 Å². The van der Waals surface area contributed by atoms with Gasteiger partial charge in [0.2, 0.25) is 5.88 Å². The highest BCUT2D eigenvalue weighted by Crippen LogP contribution is 2.31. The topological polar surface area (TPSA) is 77.5 Å². The van der Waals surface area contributed by atoms with Crippen LogP contribution in [0.5, 0.6) is 23.1 Å². The van der Waals surface area contributed by atoms with E-state index >= 15 is 0 Å². The molecule has 1 saturated heterocycles. The first-order chi connectivity index (χ1) is 14.7. The van der Waals surface area contributed by atoms with Crippen LogP contribution in [0.2, 0.25) is 0 Å². The Labute approximate surface area is 176 Å². The van der Waals surface area contributed by atoms with Gasteiger partial charge >= 0.3 is 0 Å². The van der Waals surface area contributed by atoms with Gasteiger partial charge in [-0.15, -0.1) is 0 Å². The monoisotopic (exact) mass is 406 g/mol. The van der Waals surface area contributed by atoms with Crippen molar-refractivity contribution in [2.24, 2.45) is 0 Å². The van der Waals surface area contributed by atoms with E-state index in [1.165, 1.54) is 6.42 Å². The molecule has 1 aliphatic heterocycles. The van der Waals surface area contributed by atoms with E-state index in [9.17, 15) is 0 Å². The zero-order valence-corrected chi connectivity index (χ0v) is 17.2.